The molecule has 5 aromatic rings. The van der Waals surface area contributed by atoms with Crippen molar-refractivity contribution >= 4 is 17.4 Å². The number of aromatic nitrogens is 4. The molecule has 3 aromatic carbocycles. The number of aryl methyl sites for hydroxylation is 1. The first-order valence-corrected chi connectivity index (χ1v) is 12.3. The number of carbonyl (C=O) groups excluding carboxylic acids is 1. The second-order valence-electron chi connectivity index (χ2n) is 9.01. The molecule has 6 nitrogen and oxygen atoms in total. The van der Waals surface area contributed by atoms with E-state index < -0.39 is 35.8 Å². The van der Waals surface area contributed by atoms with Crippen LogP contribution >= 0.6 is 11.6 Å². The second kappa shape index (κ2) is 10.5. The summed E-state index contributed by atoms with van der Waals surface area (Å²) >= 11 is 6.21. The predicted molar refractivity (Wildman–Crippen MR) is 136 cm³/mol. The highest BCUT2D eigenvalue weighted by Gasteiger charge is 2.37. The van der Waals surface area contributed by atoms with Crippen molar-refractivity contribution in [3.05, 3.63) is 112 Å². The van der Waals surface area contributed by atoms with Crippen molar-refractivity contribution < 1.29 is 35.7 Å². The van der Waals surface area contributed by atoms with E-state index in [1.807, 2.05) is 0 Å². The molecule has 2 heterocycles. The van der Waals surface area contributed by atoms with Crippen LogP contribution < -0.4 is 0 Å². The van der Waals surface area contributed by atoms with E-state index in [4.69, 9.17) is 16.1 Å². The molecule has 210 valence electrons. The molecule has 41 heavy (non-hydrogen) atoms. The van der Waals surface area contributed by atoms with Crippen LogP contribution in [-0.2, 0) is 18.9 Å². The third-order valence-corrected chi connectivity index (χ3v) is 6.52. The summed E-state index contributed by atoms with van der Waals surface area (Å²) in [5, 5.41) is 12.3. The van der Waals surface area contributed by atoms with E-state index in [2.05, 4.69) is 15.5 Å². The molecule has 0 aliphatic carbocycles. The Labute approximate surface area is 233 Å². The van der Waals surface area contributed by atoms with Crippen LogP contribution in [0.4, 0.5) is 26.3 Å². The lowest BCUT2D eigenvalue weighted by atomic mass is 9.99. The van der Waals surface area contributed by atoms with Crippen LogP contribution in [0.15, 0.2) is 77.3 Å². The Hall–Kier alpha value is -4.45. The van der Waals surface area contributed by atoms with Gasteiger partial charge in [-0.15, -0.1) is 5.10 Å². The van der Waals surface area contributed by atoms with Crippen molar-refractivity contribution in [1.82, 2.24) is 20.2 Å². The van der Waals surface area contributed by atoms with Crippen LogP contribution in [0.2, 0.25) is 5.02 Å². The Kier molecular flexibility index (Phi) is 7.20. The van der Waals surface area contributed by atoms with Crippen LogP contribution in [0.3, 0.4) is 0 Å². The summed E-state index contributed by atoms with van der Waals surface area (Å²) in [6.45, 7) is 1.06. The summed E-state index contributed by atoms with van der Waals surface area (Å²) in [5.74, 6) is -0.814. The molecule has 0 aliphatic rings. The SMILES string of the molecule is Cc1noc(C(=O)c2ccccc2Cl)c1-c1nnn(Cc2cc(C(F)(F)F)cc(C(F)(F)F)c2)c1-c1ccccc1. The number of benzene rings is 3. The number of ketones is 1. The number of alkyl halides is 6. The lowest BCUT2D eigenvalue weighted by molar-refractivity contribution is -0.143. The minimum Gasteiger partial charge on any atom is -0.352 e. The van der Waals surface area contributed by atoms with Crippen LogP contribution in [0.5, 0.6) is 0 Å². The van der Waals surface area contributed by atoms with Gasteiger partial charge in [0.1, 0.15) is 5.69 Å². The van der Waals surface area contributed by atoms with Crippen LogP contribution in [0, 0.1) is 6.92 Å². The highest BCUT2D eigenvalue weighted by Crippen LogP contribution is 2.39. The summed E-state index contributed by atoms with van der Waals surface area (Å²) in [6, 6.07) is 16.0. The Balaban J connectivity index is 1.68. The minimum atomic E-state index is -5.01. The Morgan fingerprint density at radius 2 is 1.51 bits per heavy atom. The van der Waals surface area contributed by atoms with Crippen molar-refractivity contribution in [3.8, 4) is 22.5 Å². The highest BCUT2D eigenvalue weighted by molar-refractivity contribution is 6.35. The van der Waals surface area contributed by atoms with Gasteiger partial charge in [-0.05, 0) is 42.8 Å². The molecule has 0 aliphatic heterocycles. The zero-order chi connectivity index (χ0) is 29.5. The van der Waals surface area contributed by atoms with Crippen LogP contribution in [-0.4, -0.2) is 25.9 Å². The number of rotatable bonds is 6. The molecule has 2 aromatic heterocycles. The van der Waals surface area contributed by atoms with Crippen molar-refractivity contribution in [2.24, 2.45) is 0 Å². The van der Waals surface area contributed by atoms with Crippen molar-refractivity contribution in [2.75, 3.05) is 0 Å². The Morgan fingerprint density at radius 3 is 2.12 bits per heavy atom. The van der Waals surface area contributed by atoms with Gasteiger partial charge in [0.25, 0.3) is 0 Å². The smallest absolute Gasteiger partial charge is 0.352 e. The van der Waals surface area contributed by atoms with E-state index in [0.717, 1.165) is 4.68 Å². The summed E-state index contributed by atoms with van der Waals surface area (Å²) < 4.78 is 87.4. The lowest BCUT2D eigenvalue weighted by Crippen LogP contribution is -2.13. The number of nitrogens with zero attached hydrogens (tertiary/aromatic N) is 4. The van der Waals surface area contributed by atoms with Gasteiger partial charge in [0.2, 0.25) is 11.5 Å². The standard InChI is InChI=1S/C28H17ClF6N4O2/c1-15-22(26(41-37-15)25(40)20-9-5-6-10-21(20)29)23-24(17-7-3-2-4-8-17)39(38-36-23)14-16-11-18(27(30,31)32)13-19(12-16)28(33,34)35/h2-13H,14H2,1H3. The average Bonchev–Trinajstić information content (AvgIpc) is 3.50. The zero-order valence-electron chi connectivity index (χ0n) is 20.9. The summed E-state index contributed by atoms with van der Waals surface area (Å²) in [5.41, 5.74) is -1.89. The third-order valence-electron chi connectivity index (χ3n) is 6.19. The molecule has 0 N–H and O–H groups in total. The summed E-state index contributed by atoms with van der Waals surface area (Å²) in [7, 11) is 0. The van der Waals surface area contributed by atoms with Gasteiger partial charge in [-0.2, -0.15) is 26.3 Å². The van der Waals surface area contributed by atoms with Crippen molar-refractivity contribution in [1.29, 1.82) is 0 Å². The van der Waals surface area contributed by atoms with E-state index in [-0.39, 0.29) is 50.6 Å². The summed E-state index contributed by atoms with van der Waals surface area (Å²) in [6.07, 6.45) is -10.0. The maximum absolute atomic E-state index is 13.5. The fourth-order valence-electron chi connectivity index (χ4n) is 4.33. The lowest BCUT2D eigenvalue weighted by Gasteiger charge is -2.15. The number of halogens is 7. The third kappa shape index (κ3) is 5.60. The molecule has 5 rings (SSSR count). The molecule has 13 heteroatoms. The maximum Gasteiger partial charge on any atom is 0.416 e. The molecule has 0 atom stereocenters. The average molecular weight is 591 g/mol. The van der Waals surface area contributed by atoms with E-state index >= 15 is 0 Å². The predicted octanol–water partition coefficient (Wildman–Crippen LogP) is 7.88. The molecule has 0 spiro atoms. The van der Waals surface area contributed by atoms with E-state index in [0.29, 0.717) is 17.7 Å². The number of hydrogen-bond acceptors (Lipinski definition) is 5. The van der Waals surface area contributed by atoms with Gasteiger partial charge in [-0.1, -0.05) is 64.4 Å². The van der Waals surface area contributed by atoms with Gasteiger partial charge in [0.15, 0.2) is 0 Å². The second-order valence-corrected chi connectivity index (χ2v) is 9.41. The van der Waals surface area contributed by atoms with E-state index in [9.17, 15) is 31.1 Å². The van der Waals surface area contributed by atoms with Gasteiger partial charge in [-0.25, -0.2) is 4.68 Å². The molecule has 0 fully saturated rings. The minimum absolute atomic E-state index is 0.0570. The number of carbonyl (C=O) groups is 1. The topological polar surface area (TPSA) is 73.8 Å². The summed E-state index contributed by atoms with van der Waals surface area (Å²) in [4.78, 5) is 13.4. The Morgan fingerprint density at radius 1 is 0.902 bits per heavy atom. The van der Waals surface area contributed by atoms with Crippen LogP contribution in [0.25, 0.3) is 22.5 Å². The van der Waals surface area contributed by atoms with Gasteiger partial charge in [0.05, 0.1) is 39.6 Å². The monoisotopic (exact) mass is 590 g/mol. The fraction of sp³-hybridized carbons (Fsp3) is 0.143. The van der Waals surface area contributed by atoms with Gasteiger partial charge in [0, 0.05) is 11.1 Å². The number of hydrogen-bond donors (Lipinski definition) is 0. The zero-order valence-corrected chi connectivity index (χ0v) is 21.6. The van der Waals surface area contributed by atoms with Gasteiger partial charge in [-0.3, -0.25) is 4.79 Å². The molecule has 0 amide bonds. The first-order valence-electron chi connectivity index (χ1n) is 11.9. The molecular weight excluding hydrogens is 574 g/mol. The van der Waals surface area contributed by atoms with Crippen molar-refractivity contribution in [2.45, 2.75) is 25.8 Å². The molecule has 0 radical (unpaired) electrons. The largest absolute Gasteiger partial charge is 0.416 e. The molecule has 0 unspecified atom stereocenters. The first-order chi connectivity index (χ1) is 19.3. The van der Waals surface area contributed by atoms with Gasteiger partial charge >= 0.3 is 12.4 Å². The maximum atomic E-state index is 13.5. The quantitative estimate of drug-likeness (QED) is 0.149. The highest BCUT2D eigenvalue weighted by atomic mass is 35.5. The Bertz CT molecular complexity index is 1710. The van der Waals surface area contributed by atoms with Gasteiger partial charge < -0.3 is 4.52 Å². The molecular formula is C28H17ClF6N4O2. The first kappa shape index (κ1) is 28.1. The van der Waals surface area contributed by atoms with E-state index in [1.165, 1.54) is 12.1 Å². The molecule has 0 saturated carbocycles. The van der Waals surface area contributed by atoms with E-state index in [1.54, 1.807) is 49.4 Å². The normalized spacial score (nSPS) is 12.1. The fourth-order valence-corrected chi connectivity index (χ4v) is 4.55. The molecule has 0 bridgehead atoms. The van der Waals surface area contributed by atoms with Crippen LogP contribution in [0.1, 0.15) is 38.5 Å². The van der Waals surface area contributed by atoms with Crippen molar-refractivity contribution in [3.63, 3.8) is 0 Å². The molecule has 0 saturated heterocycles.